The number of benzene rings is 2. The number of rotatable bonds is 9. The summed E-state index contributed by atoms with van der Waals surface area (Å²) in [5, 5.41) is 16.8. The van der Waals surface area contributed by atoms with Gasteiger partial charge in [0.15, 0.2) is 11.5 Å². The van der Waals surface area contributed by atoms with E-state index in [2.05, 4.69) is 10.5 Å². The molecule has 0 spiro atoms. The van der Waals surface area contributed by atoms with E-state index in [0.717, 1.165) is 4.88 Å². The average molecular weight is 468 g/mol. The summed E-state index contributed by atoms with van der Waals surface area (Å²) in [5.74, 6) is -0.394. The van der Waals surface area contributed by atoms with Gasteiger partial charge in [-0.1, -0.05) is 6.07 Å². The van der Waals surface area contributed by atoms with Crippen molar-refractivity contribution >= 4 is 35.1 Å². The Morgan fingerprint density at radius 1 is 1.18 bits per heavy atom. The summed E-state index contributed by atoms with van der Waals surface area (Å²) in [6.45, 7) is 3.67. The maximum absolute atomic E-state index is 12.5. The summed E-state index contributed by atoms with van der Waals surface area (Å²) in [7, 11) is 0. The molecule has 33 heavy (non-hydrogen) atoms. The third-order valence-electron chi connectivity index (χ3n) is 4.42. The van der Waals surface area contributed by atoms with Crippen molar-refractivity contribution in [1.82, 2.24) is 5.43 Å². The molecule has 3 rings (SSSR count). The first kappa shape index (κ1) is 23.6. The molecule has 0 aliphatic heterocycles. The molecular formula is C23H21N3O6S. The summed E-state index contributed by atoms with van der Waals surface area (Å²) >= 11 is 1.50. The van der Waals surface area contributed by atoms with Crippen molar-refractivity contribution < 1.29 is 24.0 Å². The number of aryl methyl sites for hydroxylation is 1. The molecule has 10 heteroatoms. The Labute approximate surface area is 193 Å². The van der Waals surface area contributed by atoms with Crippen molar-refractivity contribution in [2.75, 3.05) is 6.61 Å². The second kappa shape index (κ2) is 11.0. The van der Waals surface area contributed by atoms with Gasteiger partial charge in [-0.2, -0.15) is 5.10 Å². The Bertz CT molecular complexity index is 1190. The molecule has 0 saturated carbocycles. The van der Waals surface area contributed by atoms with E-state index in [-0.39, 0.29) is 29.3 Å². The topological polar surface area (TPSA) is 120 Å². The van der Waals surface area contributed by atoms with E-state index in [1.165, 1.54) is 35.8 Å². The molecular weight excluding hydrogens is 446 g/mol. The van der Waals surface area contributed by atoms with Crippen LogP contribution in [0.5, 0.6) is 11.5 Å². The van der Waals surface area contributed by atoms with Crippen molar-refractivity contribution in [3.05, 3.63) is 85.6 Å². The maximum atomic E-state index is 12.5. The summed E-state index contributed by atoms with van der Waals surface area (Å²) < 4.78 is 11.0. The summed E-state index contributed by atoms with van der Waals surface area (Å²) in [6, 6.07) is 12.6. The second-order valence-corrected chi connectivity index (χ2v) is 7.87. The quantitative estimate of drug-likeness (QED) is 0.165. The van der Waals surface area contributed by atoms with Crippen LogP contribution in [0.4, 0.5) is 5.69 Å². The van der Waals surface area contributed by atoms with Crippen LogP contribution in [0.15, 0.2) is 59.0 Å². The SMILES string of the molecule is CCOc1cc(C=NNC(=O)Cc2cccs2)ccc1OC(=O)c1ccc([N+](=O)[O-])c(C)c1. The van der Waals surface area contributed by atoms with E-state index in [4.69, 9.17) is 9.47 Å². The number of hydrazone groups is 1. The molecule has 1 amide bonds. The Kier molecular flexibility index (Phi) is 7.87. The lowest BCUT2D eigenvalue weighted by Gasteiger charge is -2.11. The van der Waals surface area contributed by atoms with E-state index in [1.54, 1.807) is 32.0 Å². The van der Waals surface area contributed by atoms with Gasteiger partial charge in [-0.05, 0) is 61.2 Å². The highest BCUT2D eigenvalue weighted by Crippen LogP contribution is 2.29. The number of carbonyl (C=O) groups excluding carboxylic acids is 2. The Morgan fingerprint density at radius 3 is 2.67 bits per heavy atom. The fourth-order valence-corrected chi connectivity index (χ4v) is 3.60. The van der Waals surface area contributed by atoms with Gasteiger partial charge in [-0.3, -0.25) is 14.9 Å². The highest BCUT2D eigenvalue weighted by Gasteiger charge is 2.17. The first-order chi connectivity index (χ1) is 15.9. The van der Waals surface area contributed by atoms with Crippen LogP contribution in [-0.2, 0) is 11.2 Å². The third kappa shape index (κ3) is 6.47. The lowest BCUT2D eigenvalue weighted by molar-refractivity contribution is -0.385. The predicted molar refractivity (Wildman–Crippen MR) is 124 cm³/mol. The minimum atomic E-state index is -0.670. The number of carbonyl (C=O) groups is 2. The molecule has 170 valence electrons. The van der Waals surface area contributed by atoms with Gasteiger partial charge < -0.3 is 9.47 Å². The van der Waals surface area contributed by atoms with Gasteiger partial charge in [-0.25, -0.2) is 10.2 Å². The number of hydrogen-bond acceptors (Lipinski definition) is 8. The van der Waals surface area contributed by atoms with Gasteiger partial charge in [0.25, 0.3) is 5.69 Å². The molecule has 0 aliphatic rings. The highest BCUT2D eigenvalue weighted by molar-refractivity contribution is 7.10. The average Bonchev–Trinajstić information content (AvgIpc) is 3.28. The molecule has 2 aromatic carbocycles. The molecule has 0 fully saturated rings. The molecule has 1 N–H and O–H groups in total. The highest BCUT2D eigenvalue weighted by atomic mass is 32.1. The van der Waals surface area contributed by atoms with Crippen molar-refractivity contribution in [2.24, 2.45) is 5.10 Å². The standard InChI is InChI=1S/C23H21N3O6S/c1-3-31-21-12-16(14-24-25-22(27)13-18-5-4-10-33-18)6-9-20(21)32-23(28)17-7-8-19(26(29)30)15(2)11-17/h4-12,14H,3,13H2,1-2H3,(H,25,27). The smallest absolute Gasteiger partial charge is 0.343 e. The van der Waals surface area contributed by atoms with E-state index in [1.807, 2.05) is 17.5 Å². The monoisotopic (exact) mass is 467 g/mol. The number of nitro groups is 1. The van der Waals surface area contributed by atoms with E-state index < -0.39 is 10.9 Å². The van der Waals surface area contributed by atoms with Gasteiger partial charge >= 0.3 is 5.97 Å². The molecule has 0 unspecified atom stereocenters. The number of nitrogens with zero attached hydrogens (tertiary/aromatic N) is 2. The number of hydrogen-bond donors (Lipinski definition) is 1. The van der Waals surface area contributed by atoms with Crippen molar-refractivity contribution in [3.8, 4) is 11.5 Å². The van der Waals surface area contributed by atoms with Crippen LogP contribution in [0.3, 0.4) is 0 Å². The number of nitrogens with one attached hydrogen (secondary N) is 1. The zero-order chi connectivity index (χ0) is 23.8. The van der Waals surface area contributed by atoms with Gasteiger partial charge in [0.05, 0.1) is 29.7 Å². The molecule has 9 nitrogen and oxygen atoms in total. The third-order valence-corrected chi connectivity index (χ3v) is 5.29. The van der Waals surface area contributed by atoms with Crippen molar-refractivity contribution in [1.29, 1.82) is 0 Å². The molecule has 3 aromatic rings. The molecule has 1 aromatic heterocycles. The Balaban J connectivity index is 1.69. The first-order valence-electron chi connectivity index (χ1n) is 9.95. The van der Waals surface area contributed by atoms with Gasteiger partial charge in [0, 0.05) is 16.5 Å². The van der Waals surface area contributed by atoms with Gasteiger partial charge in [0.1, 0.15) is 0 Å². The molecule has 0 aliphatic carbocycles. The van der Waals surface area contributed by atoms with Crippen LogP contribution < -0.4 is 14.9 Å². The van der Waals surface area contributed by atoms with E-state index in [9.17, 15) is 19.7 Å². The minimum Gasteiger partial charge on any atom is -0.490 e. The van der Waals surface area contributed by atoms with Crippen molar-refractivity contribution in [2.45, 2.75) is 20.3 Å². The lowest BCUT2D eigenvalue weighted by atomic mass is 10.1. The molecule has 0 saturated heterocycles. The summed E-state index contributed by atoms with van der Waals surface area (Å²) in [4.78, 5) is 35.9. The minimum absolute atomic E-state index is 0.0762. The van der Waals surface area contributed by atoms with Crippen LogP contribution in [-0.4, -0.2) is 29.6 Å². The Hall–Kier alpha value is -4.05. The van der Waals surface area contributed by atoms with Crippen LogP contribution in [0.2, 0.25) is 0 Å². The second-order valence-electron chi connectivity index (χ2n) is 6.84. The fraction of sp³-hybridized carbons (Fsp3) is 0.174. The zero-order valence-corrected chi connectivity index (χ0v) is 18.8. The number of ether oxygens (including phenoxy) is 2. The largest absolute Gasteiger partial charge is 0.490 e. The van der Waals surface area contributed by atoms with Crippen molar-refractivity contribution in [3.63, 3.8) is 0 Å². The maximum Gasteiger partial charge on any atom is 0.343 e. The molecule has 0 bridgehead atoms. The number of thiophene rings is 1. The predicted octanol–water partition coefficient (Wildman–Crippen LogP) is 4.28. The van der Waals surface area contributed by atoms with E-state index in [0.29, 0.717) is 23.5 Å². The van der Waals surface area contributed by atoms with Crippen LogP contribution >= 0.6 is 11.3 Å². The first-order valence-corrected chi connectivity index (χ1v) is 10.8. The summed E-state index contributed by atoms with van der Waals surface area (Å²) in [6.07, 6.45) is 1.70. The number of amides is 1. The summed E-state index contributed by atoms with van der Waals surface area (Å²) in [5.41, 5.74) is 3.55. The zero-order valence-electron chi connectivity index (χ0n) is 17.9. The van der Waals surface area contributed by atoms with Crippen LogP contribution in [0.25, 0.3) is 0 Å². The Morgan fingerprint density at radius 2 is 2.00 bits per heavy atom. The normalized spacial score (nSPS) is 10.7. The number of esters is 1. The van der Waals surface area contributed by atoms with Crippen LogP contribution in [0.1, 0.15) is 33.3 Å². The fourth-order valence-electron chi connectivity index (χ4n) is 2.89. The molecule has 0 atom stereocenters. The van der Waals surface area contributed by atoms with Gasteiger partial charge in [0.2, 0.25) is 5.91 Å². The lowest BCUT2D eigenvalue weighted by Crippen LogP contribution is -2.19. The van der Waals surface area contributed by atoms with Crippen LogP contribution in [0, 0.1) is 17.0 Å². The van der Waals surface area contributed by atoms with E-state index >= 15 is 0 Å². The molecule has 1 heterocycles. The van der Waals surface area contributed by atoms with Gasteiger partial charge in [-0.15, -0.1) is 11.3 Å². The molecule has 0 radical (unpaired) electrons. The number of nitro benzene ring substituents is 1.